The van der Waals surface area contributed by atoms with Crippen LogP contribution in [0.15, 0.2) is 0 Å². The lowest BCUT2D eigenvalue weighted by molar-refractivity contribution is 0.862. The van der Waals surface area contributed by atoms with Crippen LogP contribution in [0, 0.1) is 10.8 Å². The van der Waals surface area contributed by atoms with Gasteiger partial charge in [0.25, 0.3) is 0 Å². The Morgan fingerprint density at radius 1 is 1.56 bits per heavy atom. The van der Waals surface area contributed by atoms with Crippen molar-refractivity contribution in [2.24, 2.45) is 11.5 Å². The molecule has 0 aromatic carbocycles. The Kier molecular flexibility index (Phi) is 3.05. The molecule has 0 amide bonds. The van der Waals surface area contributed by atoms with Crippen LogP contribution in [0.4, 0.5) is 0 Å². The van der Waals surface area contributed by atoms with Crippen LogP contribution in [0.3, 0.4) is 0 Å². The standard InChI is InChI=1S/C5H12N4/c1-3(7)5(9)4(8)2-6/h4,7,9H,2,6,8H2,1H3. The molecule has 4 nitrogen and oxygen atoms in total. The molecule has 0 radical (unpaired) electrons. The summed E-state index contributed by atoms with van der Waals surface area (Å²) in [4.78, 5) is 0. The van der Waals surface area contributed by atoms with Crippen LogP contribution in [0.1, 0.15) is 6.92 Å². The van der Waals surface area contributed by atoms with Gasteiger partial charge in [-0.15, -0.1) is 0 Å². The molecule has 0 saturated carbocycles. The molecular formula is C5H12N4. The Morgan fingerprint density at radius 3 is 2.11 bits per heavy atom. The summed E-state index contributed by atoms with van der Waals surface area (Å²) < 4.78 is 0. The summed E-state index contributed by atoms with van der Waals surface area (Å²) >= 11 is 0. The summed E-state index contributed by atoms with van der Waals surface area (Å²) in [5.41, 5.74) is 10.8. The van der Waals surface area contributed by atoms with E-state index >= 15 is 0 Å². The second-order valence-corrected chi connectivity index (χ2v) is 1.88. The van der Waals surface area contributed by atoms with Crippen LogP contribution in [0.25, 0.3) is 0 Å². The van der Waals surface area contributed by atoms with Gasteiger partial charge in [0.15, 0.2) is 0 Å². The first-order valence-electron chi connectivity index (χ1n) is 2.69. The molecule has 0 saturated heterocycles. The molecule has 0 aliphatic carbocycles. The lowest BCUT2D eigenvalue weighted by Crippen LogP contribution is -2.40. The highest BCUT2D eigenvalue weighted by molar-refractivity contribution is 6.40. The first-order chi connectivity index (χ1) is 4.09. The van der Waals surface area contributed by atoms with Crippen LogP contribution in [-0.2, 0) is 0 Å². The monoisotopic (exact) mass is 128 g/mol. The van der Waals surface area contributed by atoms with E-state index in [4.69, 9.17) is 22.3 Å². The Labute approximate surface area is 54.2 Å². The zero-order valence-electron chi connectivity index (χ0n) is 5.44. The van der Waals surface area contributed by atoms with Gasteiger partial charge in [0.1, 0.15) is 0 Å². The van der Waals surface area contributed by atoms with Crippen LogP contribution in [0.2, 0.25) is 0 Å². The van der Waals surface area contributed by atoms with Crippen LogP contribution in [-0.4, -0.2) is 24.0 Å². The van der Waals surface area contributed by atoms with E-state index in [0.29, 0.717) is 0 Å². The molecule has 0 bridgehead atoms. The predicted molar refractivity (Wildman–Crippen MR) is 38.2 cm³/mol. The molecule has 0 aliphatic heterocycles. The fourth-order valence-corrected chi connectivity index (χ4v) is 0.396. The molecule has 6 N–H and O–H groups in total. The maximum atomic E-state index is 7.12. The smallest absolute Gasteiger partial charge is 0.0698 e. The minimum atomic E-state index is -0.470. The number of nitrogens with two attached hydrogens (primary N) is 2. The molecular weight excluding hydrogens is 116 g/mol. The van der Waals surface area contributed by atoms with Crippen molar-refractivity contribution >= 4 is 11.4 Å². The molecule has 1 atom stereocenters. The SMILES string of the molecule is CC(=N)C(=N)C(N)CN. The van der Waals surface area contributed by atoms with E-state index in [-0.39, 0.29) is 18.0 Å². The number of rotatable bonds is 3. The van der Waals surface area contributed by atoms with Crippen LogP contribution in [0.5, 0.6) is 0 Å². The molecule has 0 aromatic rings. The summed E-state index contributed by atoms with van der Waals surface area (Å²) in [7, 11) is 0. The van der Waals surface area contributed by atoms with Gasteiger partial charge in [0.2, 0.25) is 0 Å². The maximum absolute atomic E-state index is 7.12. The van der Waals surface area contributed by atoms with Crippen LogP contribution < -0.4 is 11.5 Å². The zero-order valence-corrected chi connectivity index (χ0v) is 5.44. The van der Waals surface area contributed by atoms with Crippen molar-refractivity contribution in [2.75, 3.05) is 6.54 Å². The molecule has 0 rings (SSSR count). The average Bonchev–Trinajstić information content (AvgIpc) is 1.84. The van der Waals surface area contributed by atoms with Crippen molar-refractivity contribution in [3.63, 3.8) is 0 Å². The first-order valence-corrected chi connectivity index (χ1v) is 2.69. The van der Waals surface area contributed by atoms with Gasteiger partial charge in [-0.1, -0.05) is 0 Å². The molecule has 0 aliphatic rings. The Bertz CT molecular complexity index is 129. The third kappa shape index (κ3) is 2.34. The van der Waals surface area contributed by atoms with Gasteiger partial charge in [0.05, 0.1) is 17.5 Å². The molecule has 4 heteroatoms. The number of nitrogens with one attached hydrogen (secondary N) is 2. The van der Waals surface area contributed by atoms with Crippen molar-refractivity contribution in [3.8, 4) is 0 Å². The third-order valence-corrected chi connectivity index (χ3v) is 1.03. The highest BCUT2D eigenvalue weighted by Gasteiger charge is 2.07. The van der Waals surface area contributed by atoms with Crippen LogP contribution >= 0.6 is 0 Å². The van der Waals surface area contributed by atoms with E-state index in [1.54, 1.807) is 0 Å². The van der Waals surface area contributed by atoms with Gasteiger partial charge < -0.3 is 22.3 Å². The summed E-state index contributed by atoms with van der Waals surface area (Å²) in [5, 5.41) is 14.1. The molecule has 1 unspecified atom stereocenters. The van der Waals surface area contributed by atoms with E-state index < -0.39 is 6.04 Å². The fraction of sp³-hybridized carbons (Fsp3) is 0.600. The van der Waals surface area contributed by atoms with Gasteiger partial charge in [-0.3, -0.25) is 0 Å². The van der Waals surface area contributed by atoms with Gasteiger partial charge >= 0.3 is 0 Å². The van der Waals surface area contributed by atoms with E-state index in [0.717, 1.165) is 0 Å². The summed E-state index contributed by atoms with van der Waals surface area (Å²) in [5.74, 6) is 0. The van der Waals surface area contributed by atoms with Gasteiger partial charge in [-0.2, -0.15) is 0 Å². The zero-order chi connectivity index (χ0) is 7.44. The largest absolute Gasteiger partial charge is 0.329 e. The van der Waals surface area contributed by atoms with Crippen molar-refractivity contribution in [2.45, 2.75) is 13.0 Å². The molecule has 0 spiro atoms. The van der Waals surface area contributed by atoms with E-state index in [2.05, 4.69) is 0 Å². The lowest BCUT2D eigenvalue weighted by atomic mass is 10.1. The Hall–Kier alpha value is -0.740. The molecule has 9 heavy (non-hydrogen) atoms. The lowest BCUT2D eigenvalue weighted by Gasteiger charge is -2.07. The average molecular weight is 128 g/mol. The fourth-order valence-electron chi connectivity index (χ4n) is 0.396. The molecule has 0 heterocycles. The topological polar surface area (TPSA) is 99.7 Å². The van der Waals surface area contributed by atoms with Gasteiger partial charge in [0, 0.05) is 6.54 Å². The second-order valence-electron chi connectivity index (χ2n) is 1.88. The molecule has 52 valence electrons. The normalized spacial score (nSPS) is 12.8. The Morgan fingerprint density at radius 2 is 2.00 bits per heavy atom. The van der Waals surface area contributed by atoms with Gasteiger partial charge in [-0.05, 0) is 6.92 Å². The molecule has 0 aromatic heterocycles. The maximum Gasteiger partial charge on any atom is 0.0698 e. The van der Waals surface area contributed by atoms with E-state index in [9.17, 15) is 0 Å². The summed E-state index contributed by atoms with van der Waals surface area (Å²) in [6.07, 6.45) is 0. The predicted octanol–water partition coefficient (Wildman–Crippen LogP) is -0.668. The quantitative estimate of drug-likeness (QED) is 0.379. The third-order valence-electron chi connectivity index (χ3n) is 1.03. The van der Waals surface area contributed by atoms with Gasteiger partial charge in [-0.25, -0.2) is 0 Å². The highest BCUT2D eigenvalue weighted by atomic mass is 14.8. The van der Waals surface area contributed by atoms with E-state index in [1.165, 1.54) is 6.92 Å². The number of hydrogen-bond donors (Lipinski definition) is 4. The Balaban J connectivity index is 3.88. The minimum absolute atomic E-state index is 0.123. The second kappa shape index (κ2) is 3.32. The minimum Gasteiger partial charge on any atom is -0.329 e. The summed E-state index contributed by atoms with van der Waals surface area (Å²) in [6, 6.07) is -0.470. The van der Waals surface area contributed by atoms with Crippen molar-refractivity contribution in [3.05, 3.63) is 0 Å². The summed E-state index contributed by atoms with van der Waals surface area (Å²) in [6.45, 7) is 1.76. The first kappa shape index (κ1) is 8.26. The van der Waals surface area contributed by atoms with Crippen molar-refractivity contribution < 1.29 is 0 Å². The highest BCUT2D eigenvalue weighted by Crippen LogP contribution is 1.81. The van der Waals surface area contributed by atoms with Crippen molar-refractivity contribution in [1.82, 2.24) is 0 Å². The number of hydrogen-bond acceptors (Lipinski definition) is 4. The van der Waals surface area contributed by atoms with E-state index in [1.807, 2.05) is 0 Å². The molecule has 0 fully saturated rings. The van der Waals surface area contributed by atoms with Crippen molar-refractivity contribution in [1.29, 1.82) is 10.8 Å².